The van der Waals surface area contributed by atoms with Gasteiger partial charge in [0.25, 0.3) is 11.8 Å². The van der Waals surface area contributed by atoms with E-state index in [2.05, 4.69) is 22.6 Å². The average molecular weight is 543 g/mol. The smallest absolute Gasteiger partial charge is 0.251 e. The molecule has 0 aromatic heterocycles. The van der Waals surface area contributed by atoms with Crippen molar-refractivity contribution in [3.05, 3.63) is 77.9 Å². The van der Waals surface area contributed by atoms with Gasteiger partial charge in [-0.3, -0.25) is 14.4 Å². The van der Waals surface area contributed by atoms with Gasteiger partial charge in [-0.15, -0.1) is 0 Å². The van der Waals surface area contributed by atoms with Gasteiger partial charge in [0.2, 0.25) is 5.91 Å². The Bertz CT molecular complexity index is 1330. The second kappa shape index (κ2) is 13.0. The largest absolute Gasteiger partial charge is 0.490 e. The molecule has 0 spiro atoms. The fourth-order valence-electron chi connectivity index (χ4n) is 5.48. The summed E-state index contributed by atoms with van der Waals surface area (Å²) in [5.74, 6) is 0.767. The van der Waals surface area contributed by atoms with Gasteiger partial charge in [-0.1, -0.05) is 30.3 Å². The van der Waals surface area contributed by atoms with E-state index < -0.39 is 0 Å². The number of ether oxygens (including phenoxy) is 1. The Morgan fingerprint density at radius 1 is 0.750 bits per heavy atom. The summed E-state index contributed by atoms with van der Waals surface area (Å²) in [5, 5.41) is 7.80. The molecule has 0 atom stereocenters. The van der Waals surface area contributed by atoms with E-state index in [-0.39, 0.29) is 23.8 Å². The second-order valence-electron chi connectivity index (χ2n) is 10.8. The van der Waals surface area contributed by atoms with Crippen molar-refractivity contribution < 1.29 is 19.1 Å². The molecule has 40 heavy (non-hydrogen) atoms. The topological polar surface area (TPSA) is 91.0 Å². The third-order valence-corrected chi connectivity index (χ3v) is 7.97. The molecule has 3 aromatic carbocycles. The van der Waals surface area contributed by atoms with Crippen LogP contribution in [0.15, 0.2) is 66.7 Å². The van der Waals surface area contributed by atoms with Crippen LogP contribution in [0.5, 0.6) is 5.75 Å². The molecule has 8 heteroatoms. The van der Waals surface area contributed by atoms with Crippen molar-refractivity contribution in [1.82, 2.24) is 20.4 Å². The number of hydrogen-bond acceptors (Lipinski definition) is 5. The number of rotatable bonds is 8. The number of likely N-dealkylation sites (N-methyl/N-ethyl adjacent to an activating group) is 1. The van der Waals surface area contributed by atoms with Crippen LogP contribution in [0, 0.1) is 5.92 Å². The summed E-state index contributed by atoms with van der Waals surface area (Å²) in [6, 6.07) is 20.6. The molecular formula is C32H38N4O4. The van der Waals surface area contributed by atoms with Gasteiger partial charge in [0.05, 0.1) is 6.10 Å². The van der Waals surface area contributed by atoms with E-state index in [0.717, 1.165) is 68.4 Å². The Kier molecular flexibility index (Phi) is 8.96. The van der Waals surface area contributed by atoms with Crippen LogP contribution >= 0.6 is 0 Å². The lowest BCUT2D eigenvalue weighted by molar-refractivity contribution is -0.138. The number of nitrogens with zero attached hydrogens (tertiary/aromatic N) is 2. The molecule has 1 saturated heterocycles. The van der Waals surface area contributed by atoms with E-state index in [1.165, 1.54) is 0 Å². The third-order valence-electron chi connectivity index (χ3n) is 7.97. The summed E-state index contributed by atoms with van der Waals surface area (Å²) in [4.78, 5) is 42.2. The van der Waals surface area contributed by atoms with E-state index in [1.54, 1.807) is 18.2 Å². The second-order valence-corrected chi connectivity index (χ2v) is 10.8. The number of nitrogens with one attached hydrogen (secondary N) is 2. The highest BCUT2D eigenvalue weighted by Gasteiger charge is 2.31. The van der Waals surface area contributed by atoms with Crippen LogP contribution in [0.3, 0.4) is 0 Å². The molecule has 2 aliphatic rings. The van der Waals surface area contributed by atoms with Crippen LogP contribution < -0.4 is 15.4 Å². The zero-order valence-electron chi connectivity index (χ0n) is 23.1. The maximum Gasteiger partial charge on any atom is 0.251 e. The van der Waals surface area contributed by atoms with E-state index >= 15 is 0 Å². The van der Waals surface area contributed by atoms with E-state index in [9.17, 15) is 14.4 Å². The molecule has 0 radical (unpaired) electrons. The minimum Gasteiger partial charge on any atom is -0.490 e. The standard InChI is InChI=1S/C32H38N4O4/c1-35-18-20-36(21-19-35)32(39)25-10-14-29(15-11-25)40-28-12-8-24(9-13-28)30(37)33-16-17-34-31(38)27-7-6-23-4-2-3-5-26(23)22-27/h2-9,12-13,22,25,29H,10-11,14-21H2,1H3,(H,33,37)(H,34,38)/t25-,29+. The van der Waals surface area contributed by atoms with E-state index in [0.29, 0.717) is 30.1 Å². The highest BCUT2D eigenvalue weighted by atomic mass is 16.5. The van der Waals surface area contributed by atoms with Crippen molar-refractivity contribution in [2.45, 2.75) is 31.8 Å². The fourth-order valence-corrected chi connectivity index (χ4v) is 5.48. The Balaban J connectivity index is 1.01. The average Bonchev–Trinajstić information content (AvgIpc) is 2.99. The van der Waals surface area contributed by atoms with E-state index in [4.69, 9.17) is 4.74 Å². The van der Waals surface area contributed by atoms with Crippen molar-refractivity contribution in [1.29, 1.82) is 0 Å². The lowest BCUT2D eigenvalue weighted by Gasteiger charge is -2.36. The number of carbonyl (C=O) groups is 3. The number of amides is 3. The molecule has 1 heterocycles. The molecule has 210 valence electrons. The zero-order chi connectivity index (χ0) is 27.9. The molecule has 1 aliphatic heterocycles. The van der Waals surface area contributed by atoms with Crippen LogP contribution in [0.1, 0.15) is 46.4 Å². The highest BCUT2D eigenvalue weighted by Crippen LogP contribution is 2.29. The molecule has 2 N–H and O–H groups in total. The lowest BCUT2D eigenvalue weighted by Crippen LogP contribution is -2.49. The lowest BCUT2D eigenvalue weighted by atomic mass is 9.86. The number of hydrogen-bond donors (Lipinski definition) is 2. The molecule has 1 saturated carbocycles. The fraction of sp³-hybridized carbons (Fsp3) is 0.406. The van der Waals surface area contributed by atoms with Gasteiger partial charge >= 0.3 is 0 Å². The third kappa shape index (κ3) is 6.99. The molecule has 2 fully saturated rings. The molecule has 1 aliphatic carbocycles. The maximum absolute atomic E-state index is 12.9. The molecule has 3 amide bonds. The van der Waals surface area contributed by atoms with Crippen LogP contribution in [0.2, 0.25) is 0 Å². The quantitative estimate of drug-likeness (QED) is 0.424. The van der Waals surface area contributed by atoms with Gasteiger partial charge in [0.15, 0.2) is 0 Å². The maximum atomic E-state index is 12.9. The minimum absolute atomic E-state index is 0.0856. The molecule has 5 rings (SSSR count). The Morgan fingerprint density at radius 3 is 2.02 bits per heavy atom. The number of benzene rings is 3. The predicted octanol–water partition coefficient (Wildman–Crippen LogP) is 3.71. The van der Waals surface area contributed by atoms with Crippen LogP contribution in [-0.4, -0.2) is 79.9 Å². The normalized spacial score (nSPS) is 19.7. The summed E-state index contributed by atoms with van der Waals surface area (Å²) in [6.45, 7) is 4.20. The summed E-state index contributed by atoms with van der Waals surface area (Å²) in [6.07, 6.45) is 3.51. The first-order chi connectivity index (χ1) is 19.5. The Morgan fingerprint density at radius 2 is 1.35 bits per heavy atom. The predicted molar refractivity (Wildman–Crippen MR) is 156 cm³/mol. The van der Waals surface area contributed by atoms with Crippen molar-refractivity contribution in [3.63, 3.8) is 0 Å². The van der Waals surface area contributed by atoms with Crippen molar-refractivity contribution >= 4 is 28.5 Å². The molecular weight excluding hydrogens is 504 g/mol. The zero-order valence-corrected chi connectivity index (χ0v) is 23.1. The van der Waals surface area contributed by atoms with Gasteiger partial charge in [-0.05, 0) is 79.9 Å². The van der Waals surface area contributed by atoms with Crippen molar-refractivity contribution in [2.75, 3.05) is 46.3 Å². The van der Waals surface area contributed by atoms with Gasteiger partial charge < -0.3 is 25.2 Å². The van der Waals surface area contributed by atoms with E-state index in [1.807, 2.05) is 53.4 Å². The van der Waals surface area contributed by atoms with Crippen LogP contribution in [0.4, 0.5) is 0 Å². The number of piperazine rings is 1. The summed E-state index contributed by atoms with van der Waals surface area (Å²) >= 11 is 0. The first kappa shape index (κ1) is 27.6. The van der Waals surface area contributed by atoms with Gasteiger partial charge in [-0.25, -0.2) is 0 Å². The molecule has 0 bridgehead atoms. The SMILES string of the molecule is CN1CCN(C(=O)[C@H]2CC[C@@H](Oc3ccc(C(=O)NCCNC(=O)c4ccc5ccccc5c4)cc3)CC2)CC1. The van der Waals surface area contributed by atoms with Gasteiger partial charge in [0, 0.05) is 56.3 Å². The summed E-state index contributed by atoms with van der Waals surface area (Å²) in [5.41, 5.74) is 1.13. The molecule has 0 unspecified atom stereocenters. The van der Waals surface area contributed by atoms with Crippen LogP contribution in [-0.2, 0) is 4.79 Å². The monoisotopic (exact) mass is 542 g/mol. The Hall–Kier alpha value is -3.91. The first-order valence-corrected chi connectivity index (χ1v) is 14.3. The van der Waals surface area contributed by atoms with Crippen molar-refractivity contribution in [3.8, 4) is 5.75 Å². The Labute approximate surface area is 235 Å². The number of fused-ring (bicyclic) bond motifs is 1. The van der Waals surface area contributed by atoms with Gasteiger partial charge in [0.1, 0.15) is 5.75 Å². The summed E-state index contributed by atoms with van der Waals surface area (Å²) in [7, 11) is 2.10. The first-order valence-electron chi connectivity index (χ1n) is 14.3. The van der Waals surface area contributed by atoms with Crippen LogP contribution in [0.25, 0.3) is 10.8 Å². The molecule has 8 nitrogen and oxygen atoms in total. The van der Waals surface area contributed by atoms with Gasteiger partial charge in [-0.2, -0.15) is 0 Å². The van der Waals surface area contributed by atoms with Crippen molar-refractivity contribution in [2.24, 2.45) is 5.92 Å². The molecule has 3 aromatic rings. The summed E-state index contributed by atoms with van der Waals surface area (Å²) < 4.78 is 6.16. The minimum atomic E-state index is -0.200. The highest BCUT2D eigenvalue weighted by molar-refractivity contribution is 5.98. The number of carbonyl (C=O) groups excluding carboxylic acids is 3.